The lowest BCUT2D eigenvalue weighted by atomic mass is 9.87. The smallest absolute Gasteiger partial charge is 0.221 e. The molecule has 0 aliphatic carbocycles. The van der Waals surface area contributed by atoms with Gasteiger partial charge in [0.15, 0.2) is 0 Å². The number of nitrogens with zero attached hydrogens (tertiary/aromatic N) is 2. The molecule has 1 amide bonds. The van der Waals surface area contributed by atoms with Gasteiger partial charge in [-0.15, -0.1) is 0 Å². The Bertz CT molecular complexity index is 1270. The van der Waals surface area contributed by atoms with Crippen LogP contribution in [-0.4, -0.2) is 10.5 Å². The zero-order chi connectivity index (χ0) is 21.8. The molecule has 0 radical (unpaired) electrons. The van der Waals surface area contributed by atoms with E-state index in [9.17, 15) is 10.1 Å². The molecular weight excluding hydrogens is 406 g/mol. The molecule has 0 saturated carbocycles. The van der Waals surface area contributed by atoms with Gasteiger partial charge in [-0.05, 0) is 28.8 Å². The first-order valence-corrected chi connectivity index (χ1v) is 10.5. The van der Waals surface area contributed by atoms with E-state index in [1.807, 2.05) is 61.6 Å². The van der Waals surface area contributed by atoms with Gasteiger partial charge in [0.1, 0.15) is 6.07 Å². The van der Waals surface area contributed by atoms with Gasteiger partial charge in [0.25, 0.3) is 0 Å². The molecular formula is C26H22ClN3O. The Morgan fingerprint density at radius 2 is 1.77 bits per heavy atom. The first-order valence-electron chi connectivity index (χ1n) is 10.1. The van der Waals surface area contributed by atoms with E-state index in [0.717, 1.165) is 27.6 Å². The number of amides is 1. The first-order chi connectivity index (χ1) is 15.1. The minimum atomic E-state index is -0.275. The summed E-state index contributed by atoms with van der Waals surface area (Å²) in [4.78, 5) is 13.0. The van der Waals surface area contributed by atoms with Crippen molar-refractivity contribution < 1.29 is 4.79 Å². The highest BCUT2D eigenvalue weighted by Crippen LogP contribution is 2.38. The topological polar surface area (TPSA) is 57.8 Å². The standard InChI is InChI=1S/C26H22ClN3O/c1-30-17-23(20-11-5-6-13-24(20)30)22(21-12-7-10-19(15-28)26(21)27)14-25(31)29-16-18-8-3-2-4-9-18/h2-13,17,22H,14,16H2,1H3,(H,29,31)/t22-/m0/s1. The van der Waals surface area contributed by atoms with E-state index >= 15 is 0 Å². The third-order valence-electron chi connectivity index (χ3n) is 5.55. The van der Waals surface area contributed by atoms with E-state index in [4.69, 9.17) is 11.6 Å². The van der Waals surface area contributed by atoms with E-state index in [1.54, 1.807) is 6.07 Å². The number of halogens is 1. The molecule has 4 nitrogen and oxygen atoms in total. The van der Waals surface area contributed by atoms with Crippen molar-refractivity contribution in [2.75, 3.05) is 0 Å². The molecule has 0 aliphatic heterocycles. The number of nitriles is 1. The number of carbonyl (C=O) groups excluding carboxylic acids is 1. The zero-order valence-electron chi connectivity index (χ0n) is 17.2. The molecule has 0 spiro atoms. The van der Waals surface area contributed by atoms with E-state index in [0.29, 0.717) is 17.1 Å². The summed E-state index contributed by atoms with van der Waals surface area (Å²) in [7, 11) is 1.99. The van der Waals surface area contributed by atoms with Crippen LogP contribution in [0.25, 0.3) is 10.9 Å². The number of hydrogen-bond acceptors (Lipinski definition) is 2. The molecule has 0 fully saturated rings. The summed E-state index contributed by atoms with van der Waals surface area (Å²) >= 11 is 6.61. The predicted octanol–water partition coefficient (Wildman–Crippen LogP) is 5.54. The molecule has 0 unspecified atom stereocenters. The largest absolute Gasteiger partial charge is 0.352 e. The Kier molecular flexibility index (Phi) is 6.06. The lowest BCUT2D eigenvalue weighted by molar-refractivity contribution is -0.121. The summed E-state index contributed by atoms with van der Waals surface area (Å²) in [5.41, 5.74) is 4.34. The summed E-state index contributed by atoms with van der Waals surface area (Å²) in [5.74, 6) is -0.345. The summed E-state index contributed by atoms with van der Waals surface area (Å²) < 4.78 is 2.06. The number of para-hydroxylation sites is 1. The summed E-state index contributed by atoms with van der Waals surface area (Å²) in [6, 6.07) is 25.5. The predicted molar refractivity (Wildman–Crippen MR) is 124 cm³/mol. The third kappa shape index (κ3) is 4.33. The van der Waals surface area contributed by atoms with Crippen LogP contribution in [0.15, 0.2) is 79.0 Å². The summed E-state index contributed by atoms with van der Waals surface area (Å²) in [6.07, 6.45) is 2.28. The van der Waals surface area contributed by atoms with Crippen LogP contribution in [0.4, 0.5) is 0 Å². The van der Waals surface area contributed by atoms with Crippen LogP contribution in [0.2, 0.25) is 5.02 Å². The molecule has 5 heteroatoms. The number of benzene rings is 3. The summed E-state index contributed by atoms with van der Waals surface area (Å²) in [5, 5.41) is 13.9. The molecule has 1 heterocycles. The van der Waals surface area contributed by atoms with Crippen molar-refractivity contribution in [3.63, 3.8) is 0 Å². The number of carbonyl (C=O) groups is 1. The van der Waals surface area contributed by atoms with Crippen molar-refractivity contribution in [1.29, 1.82) is 5.26 Å². The lowest BCUT2D eigenvalue weighted by Gasteiger charge is -2.19. The third-order valence-corrected chi connectivity index (χ3v) is 5.97. The van der Waals surface area contributed by atoms with Gasteiger partial charge in [-0.1, -0.05) is 72.3 Å². The Hall–Kier alpha value is -3.55. The van der Waals surface area contributed by atoms with Gasteiger partial charge in [0.05, 0.1) is 10.6 Å². The number of fused-ring (bicyclic) bond motifs is 1. The number of aromatic nitrogens is 1. The molecule has 4 aromatic rings. The molecule has 154 valence electrons. The van der Waals surface area contributed by atoms with Crippen molar-refractivity contribution in [3.8, 4) is 6.07 Å². The Morgan fingerprint density at radius 3 is 2.55 bits per heavy atom. The van der Waals surface area contributed by atoms with E-state index in [1.165, 1.54) is 0 Å². The highest BCUT2D eigenvalue weighted by Gasteiger charge is 2.25. The Balaban J connectivity index is 1.71. The molecule has 0 aliphatic rings. The van der Waals surface area contributed by atoms with Crippen LogP contribution in [0.3, 0.4) is 0 Å². The number of hydrogen-bond donors (Lipinski definition) is 1. The molecule has 1 atom stereocenters. The fourth-order valence-electron chi connectivity index (χ4n) is 4.00. The second-order valence-corrected chi connectivity index (χ2v) is 7.93. The van der Waals surface area contributed by atoms with Crippen molar-refractivity contribution in [2.45, 2.75) is 18.9 Å². The van der Waals surface area contributed by atoms with Crippen LogP contribution in [-0.2, 0) is 18.4 Å². The SMILES string of the molecule is Cn1cc([C@@H](CC(=O)NCc2ccccc2)c2cccc(C#N)c2Cl)c2ccccc21. The van der Waals surface area contributed by atoms with Gasteiger partial charge in [0, 0.05) is 43.0 Å². The van der Waals surface area contributed by atoms with Gasteiger partial charge in [-0.2, -0.15) is 5.26 Å². The van der Waals surface area contributed by atoms with Gasteiger partial charge in [-0.3, -0.25) is 4.79 Å². The molecule has 4 rings (SSSR count). The van der Waals surface area contributed by atoms with Crippen LogP contribution in [0.5, 0.6) is 0 Å². The maximum absolute atomic E-state index is 13.0. The quantitative estimate of drug-likeness (QED) is 0.439. The molecule has 1 aromatic heterocycles. The van der Waals surface area contributed by atoms with Crippen LogP contribution in [0.1, 0.15) is 34.6 Å². The molecule has 1 N–H and O–H groups in total. The normalized spacial score (nSPS) is 11.8. The van der Waals surface area contributed by atoms with Crippen LogP contribution < -0.4 is 5.32 Å². The fourth-order valence-corrected chi connectivity index (χ4v) is 4.30. The average molecular weight is 428 g/mol. The zero-order valence-corrected chi connectivity index (χ0v) is 17.9. The second-order valence-electron chi connectivity index (χ2n) is 7.55. The van der Waals surface area contributed by atoms with Gasteiger partial charge in [0.2, 0.25) is 5.91 Å². The molecule has 0 bridgehead atoms. The number of nitrogens with one attached hydrogen (secondary N) is 1. The van der Waals surface area contributed by atoms with E-state index in [-0.39, 0.29) is 18.2 Å². The van der Waals surface area contributed by atoms with E-state index in [2.05, 4.69) is 34.3 Å². The summed E-state index contributed by atoms with van der Waals surface area (Å²) in [6.45, 7) is 0.466. The molecule has 3 aromatic carbocycles. The van der Waals surface area contributed by atoms with Crippen molar-refractivity contribution in [2.24, 2.45) is 7.05 Å². The first kappa shape index (κ1) is 20.7. The highest BCUT2D eigenvalue weighted by molar-refractivity contribution is 6.32. The van der Waals surface area contributed by atoms with Crippen molar-refractivity contribution in [3.05, 3.63) is 106 Å². The maximum atomic E-state index is 13.0. The maximum Gasteiger partial charge on any atom is 0.221 e. The minimum Gasteiger partial charge on any atom is -0.352 e. The number of aryl methyl sites for hydroxylation is 1. The second kappa shape index (κ2) is 9.07. The molecule has 0 saturated heterocycles. The highest BCUT2D eigenvalue weighted by atomic mass is 35.5. The van der Waals surface area contributed by atoms with Gasteiger partial charge < -0.3 is 9.88 Å². The molecule has 31 heavy (non-hydrogen) atoms. The van der Waals surface area contributed by atoms with Gasteiger partial charge >= 0.3 is 0 Å². The van der Waals surface area contributed by atoms with Gasteiger partial charge in [-0.25, -0.2) is 0 Å². The van der Waals surface area contributed by atoms with Crippen molar-refractivity contribution >= 4 is 28.4 Å². The van der Waals surface area contributed by atoms with Crippen LogP contribution >= 0.6 is 11.6 Å². The number of rotatable bonds is 6. The monoisotopic (exact) mass is 427 g/mol. The fraction of sp³-hybridized carbons (Fsp3) is 0.154. The minimum absolute atomic E-state index is 0.0692. The van der Waals surface area contributed by atoms with E-state index < -0.39 is 0 Å². The lowest BCUT2D eigenvalue weighted by Crippen LogP contribution is -2.25. The van der Waals surface area contributed by atoms with Crippen molar-refractivity contribution in [1.82, 2.24) is 9.88 Å². The average Bonchev–Trinajstić information content (AvgIpc) is 3.14. The van der Waals surface area contributed by atoms with Crippen LogP contribution in [0, 0.1) is 11.3 Å². The Morgan fingerprint density at radius 1 is 1.03 bits per heavy atom. The Labute approximate surface area is 186 Å².